The van der Waals surface area contributed by atoms with E-state index in [-0.39, 0.29) is 24.0 Å². The van der Waals surface area contributed by atoms with E-state index >= 15 is 0 Å². The molecule has 0 aromatic heterocycles. The van der Waals surface area contributed by atoms with E-state index in [1.807, 2.05) is 34.1 Å². The summed E-state index contributed by atoms with van der Waals surface area (Å²) in [5.74, 6) is 1.27. The van der Waals surface area contributed by atoms with Crippen LogP contribution >= 0.6 is 0 Å². The highest BCUT2D eigenvalue weighted by molar-refractivity contribution is 5.98. The molecule has 0 radical (unpaired) electrons. The Morgan fingerprint density at radius 1 is 1.00 bits per heavy atom. The Bertz CT molecular complexity index is 1160. The van der Waals surface area contributed by atoms with Gasteiger partial charge in [-0.15, -0.1) is 0 Å². The summed E-state index contributed by atoms with van der Waals surface area (Å²) in [6, 6.07) is 13.6. The maximum absolute atomic E-state index is 13.4. The van der Waals surface area contributed by atoms with Gasteiger partial charge in [0.1, 0.15) is 17.6 Å². The van der Waals surface area contributed by atoms with Crippen molar-refractivity contribution >= 4 is 17.5 Å². The fraction of sp³-hybridized carbons (Fsp3) is 0.464. The molecule has 2 saturated heterocycles. The summed E-state index contributed by atoms with van der Waals surface area (Å²) in [5, 5.41) is 9.02. The lowest BCUT2D eigenvalue weighted by Crippen LogP contribution is -2.50. The summed E-state index contributed by atoms with van der Waals surface area (Å²) >= 11 is 0. The van der Waals surface area contributed by atoms with Gasteiger partial charge in [-0.3, -0.25) is 9.59 Å². The summed E-state index contributed by atoms with van der Waals surface area (Å²) < 4.78 is 11.7. The average molecular weight is 489 g/mol. The number of hydrogen-bond acceptors (Lipinski definition) is 6. The first-order valence-electron chi connectivity index (χ1n) is 12.8. The molecule has 5 rings (SSSR count). The maximum atomic E-state index is 13.4. The second-order valence-electron chi connectivity index (χ2n) is 9.68. The van der Waals surface area contributed by atoms with Gasteiger partial charge in [0.25, 0.3) is 5.91 Å². The minimum atomic E-state index is -0.0652. The molecule has 0 bridgehead atoms. The number of benzene rings is 2. The highest BCUT2D eigenvalue weighted by atomic mass is 16.5. The van der Waals surface area contributed by atoms with Crippen LogP contribution in [0.4, 0.5) is 5.69 Å². The predicted molar refractivity (Wildman–Crippen MR) is 135 cm³/mol. The van der Waals surface area contributed by atoms with E-state index in [1.54, 1.807) is 24.1 Å². The third-order valence-electron chi connectivity index (χ3n) is 7.53. The molecule has 3 aliphatic heterocycles. The third kappa shape index (κ3) is 4.83. The van der Waals surface area contributed by atoms with E-state index in [9.17, 15) is 9.59 Å². The summed E-state index contributed by atoms with van der Waals surface area (Å²) in [6.45, 7) is 2.57. The number of nitrogens with zero attached hydrogens (tertiary/aromatic N) is 4. The number of methoxy groups -OCH3 is 1. The Labute approximate surface area is 212 Å². The number of piperidine rings is 2. The number of amides is 2. The average Bonchev–Trinajstić information content (AvgIpc) is 2.93. The van der Waals surface area contributed by atoms with Crippen LogP contribution in [0.3, 0.4) is 0 Å². The smallest absolute Gasteiger partial charge is 0.257 e. The molecule has 0 aliphatic carbocycles. The minimum absolute atomic E-state index is 0.0440. The van der Waals surface area contributed by atoms with Gasteiger partial charge < -0.3 is 24.2 Å². The second-order valence-corrected chi connectivity index (χ2v) is 9.68. The van der Waals surface area contributed by atoms with Crippen molar-refractivity contribution in [2.75, 3.05) is 38.2 Å². The number of carbonyl (C=O) groups is 2. The molecular weight excluding hydrogens is 456 g/mol. The van der Waals surface area contributed by atoms with Crippen molar-refractivity contribution in [2.45, 2.75) is 50.7 Å². The van der Waals surface area contributed by atoms with Gasteiger partial charge >= 0.3 is 0 Å². The molecule has 0 unspecified atom stereocenters. The first-order chi connectivity index (χ1) is 17.6. The summed E-state index contributed by atoms with van der Waals surface area (Å²) in [4.78, 5) is 31.7. The summed E-state index contributed by atoms with van der Waals surface area (Å²) in [5.41, 5.74) is 2.76. The lowest BCUT2D eigenvalue weighted by Gasteiger charge is -2.41. The number of rotatable bonds is 5. The van der Waals surface area contributed by atoms with Crippen molar-refractivity contribution in [1.82, 2.24) is 9.80 Å². The van der Waals surface area contributed by atoms with E-state index in [1.165, 1.54) is 5.56 Å². The normalized spacial score (nSPS) is 19.0. The Morgan fingerprint density at radius 2 is 1.75 bits per heavy atom. The Kier molecular flexibility index (Phi) is 6.99. The molecule has 0 N–H and O–H groups in total. The first kappa shape index (κ1) is 24.0. The van der Waals surface area contributed by atoms with Crippen LogP contribution in [-0.2, 0) is 11.2 Å². The highest BCUT2D eigenvalue weighted by Gasteiger charge is 2.34. The van der Waals surface area contributed by atoms with Crippen molar-refractivity contribution in [3.63, 3.8) is 0 Å². The molecule has 0 spiro atoms. The predicted octanol–water partition coefficient (Wildman–Crippen LogP) is 3.60. The van der Waals surface area contributed by atoms with E-state index in [0.29, 0.717) is 49.7 Å². The number of anilines is 1. The van der Waals surface area contributed by atoms with E-state index in [2.05, 4.69) is 12.3 Å². The van der Waals surface area contributed by atoms with Crippen LogP contribution in [0.25, 0.3) is 0 Å². The largest absolute Gasteiger partial charge is 0.496 e. The van der Waals surface area contributed by atoms with Gasteiger partial charge in [0.2, 0.25) is 5.91 Å². The third-order valence-corrected chi connectivity index (χ3v) is 7.53. The topological polar surface area (TPSA) is 86.1 Å². The zero-order valence-electron chi connectivity index (χ0n) is 20.7. The molecule has 2 fully saturated rings. The zero-order chi connectivity index (χ0) is 25.1. The molecule has 0 saturated carbocycles. The molecule has 2 aromatic carbocycles. The molecule has 8 heteroatoms. The second kappa shape index (κ2) is 10.5. The first-order valence-corrected chi connectivity index (χ1v) is 12.8. The lowest BCUT2D eigenvalue weighted by atomic mass is 9.95. The monoisotopic (exact) mass is 488 g/mol. The number of likely N-dealkylation sites (tertiary alicyclic amines) is 2. The quantitative estimate of drug-likeness (QED) is 0.598. The number of hydrogen-bond donors (Lipinski definition) is 0. The summed E-state index contributed by atoms with van der Waals surface area (Å²) in [6.07, 6.45) is 6.63. The van der Waals surface area contributed by atoms with Crippen LogP contribution in [0.15, 0.2) is 42.5 Å². The Balaban J connectivity index is 1.22. The van der Waals surface area contributed by atoms with Crippen molar-refractivity contribution in [3.05, 3.63) is 53.6 Å². The number of ether oxygens (including phenoxy) is 2. The van der Waals surface area contributed by atoms with E-state index in [4.69, 9.17) is 14.7 Å². The Hall–Kier alpha value is -3.73. The molecule has 3 aliphatic rings. The molecule has 3 heterocycles. The highest BCUT2D eigenvalue weighted by Crippen LogP contribution is 2.33. The lowest BCUT2D eigenvalue weighted by molar-refractivity contribution is -0.119. The molecule has 0 atom stereocenters. The van der Waals surface area contributed by atoms with Crippen LogP contribution in [0.2, 0.25) is 0 Å². The van der Waals surface area contributed by atoms with Gasteiger partial charge in [0.15, 0.2) is 6.19 Å². The SMILES string of the molecule is COc1cc(OC2CCN(C#N)CC2)ccc1C(=O)N1CCC(N2C(=O)CCc3ccccc32)CC1. The molecule has 8 nitrogen and oxygen atoms in total. The summed E-state index contributed by atoms with van der Waals surface area (Å²) in [7, 11) is 1.56. The minimum Gasteiger partial charge on any atom is -0.496 e. The van der Waals surface area contributed by atoms with Gasteiger partial charge in [0.05, 0.1) is 12.7 Å². The molecule has 36 heavy (non-hydrogen) atoms. The zero-order valence-corrected chi connectivity index (χ0v) is 20.7. The van der Waals surface area contributed by atoms with Crippen molar-refractivity contribution in [1.29, 1.82) is 5.26 Å². The number of fused-ring (bicyclic) bond motifs is 1. The van der Waals surface area contributed by atoms with E-state index < -0.39 is 0 Å². The molecule has 2 amide bonds. The number of nitriles is 1. The van der Waals surface area contributed by atoms with E-state index in [0.717, 1.165) is 37.8 Å². The van der Waals surface area contributed by atoms with Crippen LogP contribution in [0.5, 0.6) is 11.5 Å². The van der Waals surface area contributed by atoms with Gasteiger partial charge in [-0.2, -0.15) is 5.26 Å². The standard InChI is InChI=1S/C28H32N4O4/c1-35-26-18-23(36-22-12-14-30(19-29)15-13-22)7-8-24(26)28(34)31-16-10-21(11-17-31)32-25-5-3-2-4-20(25)6-9-27(32)33/h2-5,7-8,18,21-22H,6,9-17H2,1H3. The fourth-order valence-electron chi connectivity index (χ4n) is 5.54. The van der Waals surface area contributed by atoms with Crippen molar-refractivity contribution < 1.29 is 19.1 Å². The number of para-hydroxylation sites is 1. The number of carbonyl (C=O) groups excluding carboxylic acids is 2. The Morgan fingerprint density at radius 3 is 2.47 bits per heavy atom. The van der Waals surface area contributed by atoms with Gasteiger partial charge in [-0.25, -0.2) is 0 Å². The van der Waals surface area contributed by atoms with Gasteiger partial charge in [-0.1, -0.05) is 18.2 Å². The van der Waals surface area contributed by atoms with Crippen molar-refractivity contribution in [2.24, 2.45) is 0 Å². The van der Waals surface area contributed by atoms with Gasteiger partial charge in [0, 0.05) is 63.2 Å². The van der Waals surface area contributed by atoms with Crippen LogP contribution in [0, 0.1) is 11.5 Å². The molecule has 2 aromatic rings. The van der Waals surface area contributed by atoms with Crippen LogP contribution in [-0.4, -0.2) is 67.0 Å². The van der Waals surface area contributed by atoms with Crippen LogP contribution < -0.4 is 14.4 Å². The fourth-order valence-corrected chi connectivity index (χ4v) is 5.54. The molecule has 188 valence electrons. The maximum Gasteiger partial charge on any atom is 0.257 e. The van der Waals surface area contributed by atoms with Crippen molar-refractivity contribution in [3.8, 4) is 17.7 Å². The number of aryl methyl sites for hydroxylation is 1. The molecular formula is C28H32N4O4. The van der Waals surface area contributed by atoms with Gasteiger partial charge in [-0.05, 0) is 43.0 Å². The van der Waals surface area contributed by atoms with Crippen LogP contribution in [0.1, 0.15) is 48.0 Å².